The number of hydrogen-bond donors (Lipinski definition) is 1. The maximum atomic E-state index is 11.7. The SMILES string of the molecule is C#CCC(C)NC(=O)C1CCCCS1(=O)=O. The lowest BCUT2D eigenvalue weighted by Gasteiger charge is -2.22. The maximum absolute atomic E-state index is 11.7. The van der Waals surface area contributed by atoms with E-state index >= 15 is 0 Å². The molecule has 0 aliphatic carbocycles. The molecule has 1 saturated heterocycles. The van der Waals surface area contributed by atoms with Crippen LogP contribution in [0, 0.1) is 12.3 Å². The van der Waals surface area contributed by atoms with Gasteiger partial charge >= 0.3 is 0 Å². The molecule has 1 amide bonds. The molecule has 2 atom stereocenters. The van der Waals surface area contributed by atoms with Crippen molar-refractivity contribution in [1.29, 1.82) is 0 Å². The van der Waals surface area contributed by atoms with E-state index in [0.717, 1.165) is 6.42 Å². The first kappa shape index (κ1) is 13.0. The van der Waals surface area contributed by atoms with Gasteiger partial charge in [-0.2, -0.15) is 0 Å². The van der Waals surface area contributed by atoms with E-state index < -0.39 is 21.0 Å². The number of amides is 1. The molecule has 0 spiro atoms. The molecule has 0 bridgehead atoms. The Morgan fingerprint density at radius 1 is 1.56 bits per heavy atom. The fourth-order valence-electron chi connectivity index (χ4n) is 1.81. The number of nitrogens with one attached hydrogen (secondary N) is 1. The minimum atomic E-state index is -3.25. The number of sulfone groups is 1. The van der Waals surface area contributed by atoms with Crippen LogP contribution in [0.25, 0.3) is 0 Å². The summed E-state index contributed by atoms with van der Waals surface area (Å²) in [5, 5.41) is 1.77. The molecule has 1 fully saturated rings. The third kappa shape index (κ3) is 3.24. The van der Waals surface area contributed by atoms with E-state index in [-0.39, 0.29) is 11.8 Å². The van der Waals surface area contributed by atoms with Crippen LogP contribution < -0.4 is 5.32 Å². The summed E-state index contributed by atoms with van der Waals surface area (Å²) in [6.07, 6.45) is 7.41. The summed E-state index contributed by atoms with van der Waals surface area (Å²) in [4.78, 5) is 11.7. The Morgan fingerprint density at radius 3 is 2.81 bits per heavy atom. The van der Waals surface area contributed by atoms with E-state index in [4.69, 9.17) is 6.42 Å². The Labute approximate surface area is 96.7 Å². The van der Waals surface area contributed by atoms with E-state index in [1.165, 1.54) is 0 Å². The molecule has 0 aromatic heterocycles. The average Bonchev–Trinajstić information content (AvgIpc) is 2.16. The Balaban J connectivity index is 2.63. The Kier molecular flexibility index (Phi) is 4.36. The Bertz CT molecular complexity index is 394. The molecular formula is C11H17NO3S. The molecular weight excluding hydrogens is 226 g/mol. The van der Waals surface area contributed by atoms with E-state index in [2.05, 4.69) is 11.2 Å². The molecule has 2 unspecified atom stereocenters. The van der Waals surface area contributed by atoms with Gasteiger partial charge in [0.25, 0.3) is 0 Å². The van der Waals surface area contributed by atoms with Gasteiger partial charge < -0.3 is 5.32 Å². The molecule has 1 N–H and O–H groups in total. The molecule has 16 heavy (non-hydrogen) atoms. The summed E-state index contributed by atoms with van der Waals surface area (Å²) in [6, 6.07) is -0.172. The van der Waals surface area contributed by atoms with Crippen molar-refractivity contribution in [2.75, 3.05) is 5.75 Å². The number of rotatable bonds is 3. The summed E-state index contributed by atoms with van der Waals surface area (Å²) in [5.41, 5.74) is 0. The standard InChI is InChI=1S/C11H17NO3S/c1-3-6-9(2)12-11(13)10-7-4-5-8-16(10,14)15/h1,9-10H,4-8H2,2H3,(H,12,13). The van der Waals surface area contributed by atoms with Gasteiger partial charge in [0.2, 0.25) is 5.91 Å². The predicted molar refractivity (Wildman–Crippen MR) is 62.5 cm³/mol. The van der Waals surface area contributed by atoms with Gasteiger partial charge in [0.05, 0.1) is 5.75 Å². The van der Waals surface area contributed by atoms with Crippen molar-refractivity contribution in [3.63, 3.8) is 0 Å². The first-order valence-electron chi connectivity index (χ1n) is 5.43. The fraction of sp³-hybridized carbons (Fsp3) is 0.727. The van der Waals surface area contributed by atoms with Gasteiger partial charge in [-0.25, -0.2) is 8.42 Å². The van der Waals surface area contributed by atoms with Crippen molar-refractivity contribution in [2.45, 2.75) is 43.9 Å². The molecule has 0 saturated carbocycles. The molecule has 1 aliphatic heterocycles. The molecule has 0 radical (unpaired) electrons. The topological polar surface area (TPSA) is 63.2 Å². The van der Waals surface area contributed by atoms with Gasteiger partial charge in [0.15, 0.2) is 9.84 Å². The highest BCUT2D eigenvalue weighted by molar-refractivity contribution is 7.92. The van der Waals surface area contributed by atoms with Crippen LogP contribution >= 0.6 is 0 Å². The lowest BCUT2D eigenvalue weighted by Crippen LogP contribution is -2.45. The average molecular weight is 243 g/mol. The van der Waals surface area contributed by atoms with Crippen molar-refractivity contribution in [1.82, 2.24) is 5.32 Å². The molecule has 4 nitrogen and oxygen atoms in total. The van der Waals surface area contributed by atoms with Crippen molar-refractivity contribution in [2.24, 2.45) is 0 Å². The van der Waals surface area contributed by atoms with Crippen molar-refractivity contribution in [3.8, 4) is 12.3 Å². The predicted octanol–water partition coefficient (Wildman–Crippen LogP) is 0.482. The quantitative estimate of drug-likeness (QED) is 0.733. The van der Waals surface area contributed by atoms with E-state index in [1.807, 2.05) is 0 Å². The number of hydrogen-bond acceptors (Lipinski definition) is 3. The van der Waals surface area contributed by atoms with Gasteiger partial charge in [-0.15, -0.1) is 12.3 Å². The summed E-state index contributed by atoms with van der Waals surface area (Å²) in [5.74, 6) is 2.15. The summed E-state index contributed by atoms with van der Waals surface area (Å²) < 4.78 is 23.3. The van der Waals surface area contributed by atoms with E-state index in [9.17, 15) is 13.2 Å². The second-order valence-corrected chi connectivity index (χ2v) is 6.47. The second-order valence-electron chi connectivity index (χ2n) is 4.17. The Morgan fingerprint density at radius 2 is 2.25 bits per heavy atom. The third-order valence-corrected chi connectivity index (χ3v) is 4.86. The molecule has 0 aromatic carbocycles. The zero-order valence-electron chi connectivity index (χ0n) is 9.40. The lowest BCUT2D eigenvalue weighted by atomic mass is 10.1. The first-order valence-corrected chi connectivity index (χ1v) is 7.14. The largest absolute Gasteiger partial charge is 0.352 e. The monoisotopic (exact) mass is 243 g/mol. The van der Waals surface area contributed by atoms with Crippen LogP contribution in [-0.2, 0) is 14.6 Å². The van der Waals surface area contributed by atoms with Gasteiger partial charge in [0, 0.05) is 12.5 Å². The molecule has 90 valence electrons. The van der Waals surface area contributed by atoms with E-state index in [1.54, 1.807) is 6.92 Å². The molecule has 1 aliphatic rings. The van der Waals surface area contributed by atoms with Crippen LogP contribution in [0.4, 0.5) is 0 Å². The summed E-state index contributed by atoms with van der Waals surface area (Å²) in [6.45, 7) is 1.77. The lowest BCUT2D eigenvalue weighted by molar-refractivity contribution is -0.121. The number of carbonyl (C=O) groups is 1. The smallest absolute Gasteiger partial charge is 0.238 e. The van der Waals surface area contributed by atoms with Gasteiger partial charge in [-0.3, -0.25) is 4.79 Å². The summed E-state index contributed by atoms with van der Waals surface area (Å²) >= 11 is 0. The zero-order valence-corrected chi connectivity index (χ0v) is 10.2. The molecule has 1 rings (SSSR count). The van der Waals surface area contributed by atoms with Gasteiger partial charge in [-0.05, 0) is 19.8 Å². The second kappa shape index (κ2) is 5.35. The van der Waals surface area contributed by atoms with Crippen LogP contribution in [0.3, 0.4) is 0 Å². The highest BCUT2D eigenvalue weighted by Gasteiger charge is 2.34. The molecule has 5 heteroatoms. The fourth-order valence-corrected chi connectivity index (χ4v) is 3.62. The third-order valence-electron chi connectivity index (χ3n) is 2.68. The first-order chi connectivity index (χ1) is 7.47. The van der Waals surface area contributed by atoms with Crippen molar-refractivity contribution in [3.05, 3.63) is 0 Å². The summed E-state index contributed by atoms with van der Waals surface area (Å²) in [7, 11) is -3.25. The van der Waals surface area contributed by atoms with Crippen molar-refractivity contribution < 1.29 is 13.2 Å². The van der Waals surface area contributed by atoms with Crippen LogP contribution in [0.15, 0.2) is 0 Å². The minimum Gasteiger partial charge on any atom is -0.352 e. The van der Waals surface area contributed by atoms with Gasteiger partial charge in [0.1, 0.15) is 5.25 Å². The van der Waals surface area contributed by atoms with Crippen LogP contribution in [0.5, 0.6) is 0 Å². The number of carbonyl (C=O) groups excluding carboxylic acids is 1. The zero-order chi connectivity index (χ0) is 12.2. The van der Waals surface area contributed by atoms with Crippen LogP contribution in [0.2, 0.25) is 0 Å². The van der Waals surface area contributed by atoms with Crippen LogP contribution in [-0.4, -0.2) is 31.4 Å². The Hall–Kier alpha value is -1.02. The highest BCUT2D eigenvalue weighted by Crippen LogP contribution is 2.19. The van der Waals surface area contributed by atoms with Gasteiger partial charge in [-0.1, -0.05) is 6.42 Å². The normalized spacial score (nSPS) is 25.4. The van der Waals surface area contributed by atoms with E-state index in [0.29, 0.717) is 19.3 Å². The van der Waals surface area contributed by atoms with Crippen molar-refractivity contribution >= 4 is 15.7 Å². The number of terminal acetylenes is 1. The minimum absolute atomic E-state index is 0.120. The maximum Gasteiger partial charge on any atom is 0.238 e. The molecule has 1 heterocycles. The molecule has 0 aromatic rings. The van der Waals surface area contributed by atoms with Crippen LogP contribution in [0.1, 0.15) is 32.6 Å². The highest BCUT2D eigenvalue weighted by atomic mass is 32.2.